The maximum Gasteiger partial charge on any atom is 0.435 e. The monoisotopic (exact) mass is 388 g/mol. The molecule has 11 heteroatoms. The normalized spacial score (nSPS) is 14.3. The van der Waals surface area contributed by atoms with Crippen LogP contribution in [0.2, 0.25) is 0 Å². The average molecular weight is 388 g/mol. The first kappa shape index (κ1) is 18.4. The lowest BCUT2D eigenvalue weighted by Gasteiger charge is -2.27. The van der Waals surface area contributed by atoms with E-state index < -0.39 is 17.8 Å². The number of hydroxylamine groups is 1. The number of hydrogen-bond donors (Lipinski definition) is 2. The van der Waals surface area contributed by atoms with E-state index >= 15 is 0 Å². The van der Waals surface area contributed by atoms with Crippen LogP contribution in [0.4, 0.5) is 13.2 Å². The number of aryl methyl sites for hydroxylation is 1. The summed E-state index contributed by atoms with van der Waals surface area (Å²) in [7, 11) is 0. The standard InChI is InChI=1S/C15H15F3N4O3S/c1-8-4-12(15(16,17)18)19-22(8)7-13(23)21-3-2-9-5-10(14(24)20-25)26-11(9)6-21/h4-5,25H,2-3,6-7H2,1H3,(H,20,24). The first-order valence-electron chi connectivity index (χ1n) is 7.64. The zero-order valence-electron chi connectivity index (χ0n) is 13.6. The van der Waals surface area contributed by atoms with Gasteiger partial charge in [0.25, 0.3) is 5.91 Å². The van der Waals surface area contributed by atoms with E-state index in [2.05, 4.69) is 5.10 Å². The van der Waals surface area contributed by atoms with Gasteiger partial charge in [-0.05, 0) is 31.0 Å². The lowest BCUT2D eigenvalue weighted by atomic mass is 10.1. The lowest BCUT2D eigenvalue weighted by Crippen LogP contribution is -2.37. The van der Waals surface area contributed by atoms with E-state index in [1.165, 1.54) is 23.2 Å². The number of halogens is 3. The van der Waals surface area contributed by atoms with E-state index in [0.717, 1.165) is 21.2 Å². The van der Waals surface area contributed by atoms with Gasteiger partial charge in [-0.1, -0.05) is 0 Å². The number of nitrogens with zero attached hydrogens (tertiary/aromatic N) is 3. The summed E-state index contributed by atoms with van der Waals surface area (Å²) in [5, 5.41) is 12.2. The molecule has 2 amide bonds. The molecule has 0 aromatic carbocycles. The molecule has 1 aliphatic rings. The highest BCUT2D eigenvalue weighted by molar-refractivity contribution is 7.14. The van der Waals surface area contributed by atoms with Crippen LogP contribution in [0.3, 0.4) is 0 Å². The quantitative estimate of drug-likeness (QED) is 0.622. The number of hydrogen-bond acceptors (Lipinski definition) is 5. The van der Waals surface area contributed by atoms with Crippen molar-refractivity contribution in [1.29, 1.82) is 0 Å². The third kappa shape index (κ3) is 3.58. The molecule has 0 saturated heterocycles. The van der Waals surface area contributed by atoms with Crippen LogP contribution in [-0.2, 0) is 30.5 Å². The highest BCUT2D eigenvalue weighted by Crippen LogP contribution is 2.30. The van der Waals surface area contributed by atoms with Crippen LogP contribution in [0.5, 0.6) is 0 Å². The van der Waals surface area contributed by atoms with Crippen LogP contribution in [0, 0.1) is 6.92 Å². The fourth-order valence-corrected chi connectivity index (χ4v) is 3.85. The number of carbonyl (C=O) groups is 2. The van der Waals surface area contributed by atoms with Gasteiger partial charge in [0.15, 0.2) is 5.69 Å². The number of nitrogens with one attached hydrogen (secondary N) is 1. The van der Waals surface area contributed by atoms with Crippen molar-refractivity contribution in [2.75, 3.05) is 6.54 Å². The Labute approximate surface area is 150 Å². The van der Waals surface area contributed by atoms with Gasteiger partial charge in [-0.15, -0.1) is 11.3 Å². The van der Waals surface area contributed by atoms with Gasteiger partial charge in [-0.25, -0.2) is 5.48 Å². The number of fused-ring (bicyclic) bond motifs is 1. The number of alkyl halides is 3. The molecular formula is C15H15F3N4O3S. The van der Waals surface area contributed by atoms with Gasteiger partial charge in [0.1, 0.15) is 6.54 Å². The predicted octanol–water partition coefficient (Wildman–Crippen LogP) is 1.98. The number of carbonyl (C=O) groups excluding carboxylic acids is 2. The molecule has 0 spiro atoms. The summed E-state index contributed by atoms with van der Waals surface area (Å²) in [6.45, 7) is 1.84. The van der Waals surface area contributed by atoms with Gasteiger partial charge < -0.3 is 4.90 Å². The molecule has 3 heterocycles. The van der Waals surface area contributed by atoms with Crippen LogP contribution >= 0.6 is 11.3 Å². The predicted molar refractivity (Wildman–Crippen MR) is 84.7 cm³/mol. The molecule has 1 aliphatic heterocycles. The summed E-state index contributed by atoms with van der Waals surface area (Å²) < 4.78 is 39.2. The van der Waals surface area contributed by atoms with Crippen molar-refractivity contribution in [3.05, 3.63) is 38.8 Å². The fraction of sp³-hybridized carbons (Fsp3) is 0.400. The Kier molecular flexibility index (Phi) is 4.76. The summed E-state index contributed by atoms with van der Waals surface area (Å²) in [5.74, 6) is -0.966. The second-order valence-electron chi connectivity index (χ2n) is 5.89. The Balaban J connectivity index is 1.71. The van der Waals surface area contributed by atoms with Crippen molar-refractivity contribution in [2.24, 2.45) is 0 Å². The summed E-state index contributed by atoms with van der Waals surface area (Å²) in [5.41, 5.74) is 1.71. The molecule has 3 rings (SSSR count). The van der Waals surface area contributed by atoms with Crippen molar-refractivity contribution in [3.63, 3.8) is 0 Å². The van der Waals surface area contributed by atoms with Gasteiger partial charge in [0.05, 0.1) is 11.4 Å². The van der Waals surface area contributed by atoms with E-state index in [-0.39, 0.29) is 24.7 Å². The van der Waals surface area contributed by atoms with E-state index in [9.17, 15) is 22.8 Å². The number of amides is 2. The van der Waals surface area contributed by atoms with Crippen LogP contribution in [0.1, 0.15) is 31.5 Å². The zero-order chi connectivity index (χ0) is 19.1. The van der Waals surface area contributed by atoms with Gasteiger partial charge in [-0.2, -0.15) is 18.3 Å². The zero-order valence-corrected chi connectivity index (χ0v) is 14.4. The Morgan fingerprint density at radius 2 is 2.12 bits per heavy atom. The minimum Gasteiger partial charge on any atom is -0.336 e. The topological polar surface area (TPSA) is 87.5 Å². The van der Waals surface area contributed by atoms with E-state index in [1.54, 1.807) is 11.5 Å². The molecule has 2 aromatic heterocycles. The minimum absolute atomic E-state index is 0.251. The molecule has 0 unspecified atom stereocenters. The number of thiophene rings is 1. The third-order valence-corrected chi connectivity index (χ3v) is 5.28. The Bertz CT molecular complexity index is 859. The lowest BCUT2D eigenvalue weighted by molar-refractivity contribution is -0.142. The highest BCUT2D eigenvalue weighted by atomic mass is 32.1. The number of rotatable bonds is 3. The molecule has 0 atom stereocenters. The number of aromatic nitrogens is 2. The van der Waals surface area contributed by atoms with Crippen molar-refractivity contribution in [3.8, 4) is 0 Å². The molecule has 0 radical (unpaired) electrons. The third-order valence-electron chi connectivity index (χ3n) is 4.12. The molecule has 0 fully saturated rings. The highest BCUT2D eigenvalue weighted by Gasteiger charge is 2.35. The maximum absolute atomic E-state index is 12.7. The van der Waals surface area contributed by atoms with Crippen LogP contribution in [0.15, 0.2) is 12.1 Å². The molecule has 140 valence electrons. The van der Waals surface area contributed by atoms with Crippen molar-refractivity contribution in [2.45, 2.75) is 32.6 Å². The molecule has 0 saturated carbocycles. The molecule has 2 N–H and O–H groups in total. The SMILES string of the molecule is Cc1cc(C(F)(F)F)nn1CC(=O)N1CCc2cc(C(=O)NO)sc2C1. The first-order chi connectivity index (χ1) is 12.2. The van der Waals surface area contributed by atoms with Gasteiger partial charge >= 0.3 is 6.18 Å². The van der Waals surface area contributed by atoms with E-state index in [1.807, 2.05) is 0 Å². The molecule has 0 aliphatic carbocycles. The molecule has 0 bridgehead atoms. The molecule has 7 nitrogen and oxygen atoms in total. The van der Waals surface area contributed by atoms with E-state index in [4.69, 9.17) is 5.21 Å². The first-order valence-corrected chi connectivity index (χ1v) is 8.46. The molecule has 2 aromatic rings. The summed E-state index contributed by atoms with van der Waals surface area (Å²) >= 11 is 1.17. The Morgan fingerprint density at radius 3 is 2.73 bits per heavy atom. The maximum atomic E-state index is 12.7. The molecule has 26 heavy (non-hydrogen) atoms. The van der Waals surface area contributed by atoms with Crippen molar-refractivity contribution < 1.29 is 28.0 Å². The Hall–Kier alpha value is -2.40. The van der Waals surface area contributed by atoms with Crippen LogP contribution < -0.4 is 5.48 Å². The van der Waals surface area contributed by atoms with Gasteiger partial charge in [0.2, 0.25) is 5.91 Å². The summed E-state index contributed by atoms with van der Waals surface area (Å²) in [6.07, 6.45) is -4.03. The summed E-state index contributed by atoms with van der Waals surface area (Å²) in [4.78, 5) is 26.6. The second-order valence-corrected chi connectivity index (χ2v) is 7.03. The fourth-order valence-electron chi connectivity index (χ4n) is 2.74. The smallest absolute Gasteiger partial charge is 0.336 e. The van der Waals surface area contributed by atoms with Crippen LogP contribution in [0.25, 0.3) is 0 Å². The average Bonchev–Trinajstić information content (AvgIpc) is 3.17. The minimum atomic E-state index is -4.56. The van der Waals surface area contributed by atoms with Crippen molar-refractivity contribution in [1.82, 2.24) is 20.2 Å². The van der Waals surface area contributed by atoms with Gasteiger partial charge in [0, 0.05) is 17.1 Å². The summed E-state index contributed by atoms with van der Waals surface area (Å²) in [6, 6.07) is 2.57. The van der Waals surface area contributed by atoms with Crippen molar-refractivity contribution >= 4 is 23.2 Å². The largest absolute Gasteiger partial charge is 0.435 e. The Morgan fingerprint density at radius 1 is 1.38 bits per heavy atom. The van der Waals surface area contributed by atoms with Gasteiger partial charge in [-0.3, -0.25) is 19.5 Å². The molecular weight excluding hydrogens is 373 g/mol. The van der Waals surface area contributed by atoms with Crippen LogP contribution in [-0.4, -0.2) is 38.2 Å². The second kappa shape index (κ2) is 6.72. The van der Waals surface area contributed by atoms with E-state index in [0.29, 0.717) is 17.8 Å².